The summed E-state index contributed by atoms with van der Waals surface area (Å²) in [6, 6.07) is 7.45. The number of ether oxygens (including phenoxy) is 1. The first-order chi connectivity index (χ1) is 6.92. The Balaban J connectivity index is 2.82. The first-order valence-electron chi connectivity index (χ1n) is 4.80. The highest BCUT2D eigenvalue weighted by molar-refractivity contribution is 7.98. The average molecular weight is 224 g/mol. The highest BCUT2D eigenvalue weighted by atomic mass is 32.2. The second-order valence-corrected chi connectivity index (χ2v) is 5.11. The summed E-state index contributed by atoms with van der Waals surface area (Å²) in [4.78, 5) is 12.8. The first-order valence-corrected chi connectivity index (χ1v) is 6.02. The molecule has 0 radical (unpaired) electrons. The number of rotatable bonds is 2. The zero-order valence-electron chi connectivity index (χ0n) is 9.53. The molecule has 1 aromatic rings. The van der Waals surface area contributed by atoms with Gasteiger partial charge in [0.2, 0.25) is 0 Å². The van der Waals surface area contributed by atoms with Gasteiger partial charge < -0.3 is 4.74 Å². The monoisotopic (exact) mass is 224 g/mol. The minimum atomic E-state index is -0.438. The van der Waals surface area contributed by atoms with Gasteiger partial charge in [0.1, 0.15) is 5.60 Å². The molecule has 1 aromatic carbocycles. The minimum absolute atomic E-state index is 0.265. The summed E-state index contributed by atoms with van der Waals surface area (Å²) in [5.41, 5.74) is 0.170. The molecule has 0 amide bonds. The Labute approximate surface area is 95.0 Å². The van der Waals surface area contributed by atoms with Gasteiger partial charge in [-0.1, -0.05) is 6.07 Å². The number of thioether (sulfide) groups is 1. The van der Waals surface area contributed by atoms with Crippen molar-refractivity contribution in [3.63, 3.8) is 0 Å². The zero-order chi connectivity index (χ0) is 11.5. The molecule has 0 bridgehead atoms. The lowest BCUT2D eigenvalue weighted by molar-refractivity contribution is 0.00693. The Hall–Kier alpha value is -0.960. The Morgan fingerprint density at radius 3 is 2.53 bits per heavy atom. The molecule has 0 spiro atoms. The van der Waals surface area contributed by atoms with Crippen LogP contribution in [-0.2, 0) is 4.74 Å². The summed E-state index contributed by atoms with van der Waals surface area (Å²) in [5.74, 6) is -0.265. The van der Waals surface area contributed by atoms with Gasteiger partial charge in [0, 0.05) is 4.90 Å². The molecule has 0 aliphatic carbocycles. The molecule has 0 unspecified atom stereocenters. The van der Waals surface area contributed by atoms with Crippen LogP contribution in [-0.4, -0.2) is 17.8 Å². The fraction of sp³-hybridized carbons (Fsp3) is 0.417. The maximum Gasteiger partial charge on any atom is 0.338 e. The fourth-order valence-corrected chi connectivity index (χ4v) is 1.55. The number of hydrogen-bond donors (Lipinski definition) is 0. The second-order valence-electron chi connectivity index (χ2n) is 4.23. The van der Waals surface area contributed by atoms with E-state index in [4.69, 9.17) is 4.74 Å². The van der Waals surface area contributed by atoms with Crippen LogP contribution in [0.4, 0.5) is 0 Å². The van der Waals surface area contributed by atoms with E-state index in [2.05, 4.69) is 0 Å². The summed E-state index contributed by atoms with van der Waals surface area (Å²) in [6.07, 6.45) is 1.98. The SMILES string of the molecule is CSc1cccc(C(=O)OC(C)(C)C)c1. The number of hydrogen-bond acceptors (Lipinski definition) is 3. The zero-order valence-corrected chi connectivity index (χ0v) is 10.4. The predicted octanol–water partition coefficient (Wildman–Crippen LogP) is 3.36. The Kier molecular flexibility index (Phi) is 3.80. The van der Waals surface area contributed by atoms with Crippen molar-refractivity contribution in [2.75, 3.05) is 6.26 Å². The van der Waals surface area contributed by atoms with Gasteiger partial charge in [-0.3, -0.25) is 0 Å². The van der Waals surface area contributed by atoms with Crippen LogP contribution < -0.4 is 0 Å². The van der Waals surface area contributed by atoms with E-state index in [1.165, 1.54) is 0 Å². The van der Waals surface area contributed by atoms with Gasteiger partial charge in [-0.25, -0.2) is 4.79 Å². The molecular formula is C12H16O2S. The standard InChI is InChI=1S/C12H16O2S/c1-12(2,3)14-11(13)9-6-5-7-10(8-9)15-4/h5-8H,1-4H3. The van der Waals surface area contributed by atoms with Crippen molar-refractivity contribution in [1.29, 1.82) is 0 Å². The van der Waals surface area contributed by atoms with Crippen LogP contribution in [0.1, 0.15) is 31.1 Å². The molecule has 0 heterocycles. The lowest BCUT2D eigenvalue weighted by atomic mass is 10.2. The molecule has 0 aliphatic rings. The van der Waals surface area contributed by atoms with E-state index >= 15 is 0 Å². The van der Waals surface area contributed by atoms with Crippen molar-refractivity contribution < 1.29 is 9.53 Å². The third-order valence-electron chi connectivity index (χ3n) is 1.70. The average Bonchev–Trinajstić information content (AvgIpc) is 2.15. The predicted molar refractivity (Wildman–Crippen MR) is 63.4 cm³/mol. The van der Waals surface area contributed by atoms with E-state index in [0.29, 0.717) is 5.56 Å². The summed E-state index contributed by atoms with van der Waals surface area (Å²) in [7, 11) is 0. The van der Waals surface area contributed by atoms with Gasteiger partial charge >= 0.3 is 5.97 Å². The van der Waals surface area contributed by atoms with Gasteiger partial charge in [-0.2, -0.15) is 0 Å². The van der Waals surface area contributed by atoms with Crippen LogP contribution in [0.5, 0.6) is 0 Å². The highest BCUT2D eigenvalue weighted by Gasteiger charge is 2.17. The van der Waals surface area contributed by atoms with Crippen molar-refractivity contribution in [3.8, 4) is 0 Å². The molecule has 0 fully saturated rings. The van der Waals surface area contributed by atoms with Crippen molar-refractivity contribution in [3.05, 3.63) is 29.8 Å². The summed E-state index contributed by atoms with van der Waals surface area (Å²) < 4.78 is 5.28. The van der Waals surface area contributed by atoms with Gasteiger partial charge in [-0.15, -0.1) is 11.8 Å². The summed E-state index contributed by atoms with van der Waals surface area (Å²) in [6.45, 7) is 5.59. The van der Waals surface area contributed by atoms with Gasteiger partial charge in [0.05, 0.1) is 5.56 Å². The number of carbonyl (C=O) groups excluding carboxylic acids is 1. The molecule has 82 valence electrons. The Bertz CT molecular complexity index is 353. The smallest absolute Gasteiger partial charge is 0.338 e. The van der Waals surface area contributed by atoms with E-state index in [1.807, 2.05) is 45.2 Å². The van der Waals surface area contributed by atoms with Crippen LogP contribution in [0.15, 0.2) is 29.2 Å². The molecule has 0 aromatic heterocycles. The molecule has 0 N–H and O–H groups in total. The van der Waals surface area contributed by atoms with Crippen molar-refractivity contribution in [2.45, 2.75) is 31.3 Å². The number of esters is 1. The lowest BCUT2D eigenvalue weighted by Crippen LogP contribution is -2.23. The van der Waals surface area contributed by atoms with E-state index in [-0.39, 0.29) is 5.97 Å². The number of benzene rings is 1. The molecule has 0 saturated carbocycles. The van der Waals surface area contributed by atoms with E-state index in [1.54, 1.807) is 17.8 Å². The summed E-state index contributed by atoms with van der Waals surface area (Å²) in [5, 5.41) is 0. The molecule has 0 saturated heterocycles. The molecule has 2 nitrogen and oxygen atoms in total. The molecule has 0 aliphatic heterocycles. The third kappa shape index (κ3) is 3.96. The van der Waals surface area contributed by atoms with E-state index < -0.39 is 5.60 Å². The Morgan fingerprint density at radius 1 is 1.33 bits per heavy atom. The molecule has 1 rings (SSSR count). The lowest BCUT2D eigenvalue weighted by Gasteiger charge is -2.19. The molecule has 15 heavy (non-hydrogen) atoms. The Morgan fingerprint density at radius 2 is 2.00 bits per heavy atom. The molecule has 0 atom stereocenters. The maximum atomic E-state index is 11.7. The van der Waals surface area contributed by atoms with E-state index in [9.17, 15) is 4.79 Å². The second kappa shape index (κ2) is 4.71. The largest absolute Gasteiger partial charge is 0.456 e. The maximum absolute atomic E-state index is 11.7. The van der Waals surface area contributed by atoms with Crippen LogP contribution in [0.2, 0.25) is 0 Å². The molecular weight excluding hydrogens is 208 g/mol. The highest BCUT2D eigenvalue weighted by Crippen LogP contribution is 2.18. The van der Waals surface area contributed by atoms with Crippen LogP contribution in [0, 0.1) is 0 Å². The van der Waals surface area contributed by atoms with Crippen molar-refractivity contribution in [1.82, 2.24) is 0 Å². The topological polar surface area (TPSA) is 26.3 Å². The summed E-state index contributed by atoms with van der Waals surface area (Å²) >= 11 is 1.61. The van der Waals surface area contributed by atoms with Gasteiger partial charge in [0.25, 0.3) is 0 Å². The van der Waals surface area contributed by atoms with Crippen LogP contribution in [0.3, 0.4) is 0 Å². The van der Waals surface area contributed by atoms with Crippen molar-refractivity contribution in [2.24, 2.45) is 0 Å². The molecule has 3 heteroatoms. The quantitative estimate of drug-likeness (QED) is 0.569. The third-order valence-corrected chi connectivity index (χ3v) is 2.43. The fourth-order valence-electron chi connectivity index (χ4n) is 1.09. The first kappa shape index (κ1) is 12.1. The van der Waals surface area contributed by atoms with Crippen molar-refractivity contribution >= 4 is 17.7 Å². The van der Waals surface area contributed by atoms with Crippen LogP contribution in [0.25, 0.3) is 0 Å². The normalized spacial score (nSPS) is 11.2. The van der Waals surface area contributed by atoms with Gasteiger partial charge in [0.15, 0.2) is 0 Å². The van der Waals surface area contributed by atoms with E-state index in [0.717, 1.165) is 4.90 Å². The number of carbonyl (C=O) groups is 1. The van der Waals surface area contributed by atoms with Gasteiger partial charge in [-0.05, 0) is 45.2 Å². The van der Waals surface area contributed by atoms with Crippen LogP contribution >= 0.6 is 11.8 Å². The minimum Gasteiger partial charge on any atom is -0.456 e.